The first kappa shape index (κ1) is 20.5. The fraction of sp³-hybridized carbons (Fsp3) is 0.0400. The second-order valence-corrected chi connectivity index (χ2v) is 8.14. The van der Waals surface area contributed by atoms with E-state index in [9.17, 15) is 13.2 Å². The zero-order valence-electron chi connectivity index (χ0n) is 16.5. The van der Waals surface area contributed by atoms with Crippen molar-refractivity contribution in [1.29, 1.82) is 0 Å². The summed E-state index contributed by atoms with van der Waals surface area (Å²) in [4.78, 5) is 4.65. The van der Waals surface area contributed by atoms with Crippen molar-refractivity contribution < 1.29 is 13.2 Å². The minimum Gasteiger partial charge on any atom is -0.228 e. The Morgan fingerprint density at radius 2 is 1.41 bits per heavy atom. The molecule has 32 heavy (non-hydrogen) atoms. The van der Waals surface area contributed by atoms with Crippen LogP contribution in [-0.4, -0.2) is 14.8 Å². The topological polar surface area (TPSA) is 30.7 Å². The fourth-order valence-electron chi connectivity index (χ4n) is 3.68. The van der Waals surface area contributed by atoms with Crippen LogP contribution in [0.15, 0.2) is 95.5 Å². The first-order valence-electron chi connectivity index (χ1n) is 9.79. The van der Waals surface area contributed by atoms with Gasteiger partial charge in [0.2, 0.25) is 0 Å². The molecule has 2 aromatic heterocycles. The Bertz CT molecular complexity index is 1410. The Kier molecular flexibility index (Phi) is 5.06. The monoisotopic (exact) mass is 493 g/mol. The molecule has 0 spiro atoms. The van der Waals surface area contributed by atoms with E-state index in [1.54, 1.807) is 54.6 Å². The molecule has 0 atom stereocenters. The Morgan fingerprint density at radius 1 is 0.750 bits per heavy atom. The standard InChI is InChI=1S/C25H15BrF3N3/c26-18-11-7-10-17(14-18)23-22-20(25(27,28)29)15-21(16-8-3-1-4-9-16)30-24(22)32(31-23)19-12-5-2-6-13-19/h1-15H. The molecule has 7 heteroatoms. The van der Waals surface area contributed by atoms with Gasteiger partial charge >= 0.3 is 6.18 Å². The Morgan fingerprint density at radius 3 is 2.06 bits per heavy atom. The molecular weight excluding hydrogens is 479 g/mol. The minimum atomic E-state index is -4.59. The number of aromatic nitrogens is 3. The highest BCUT2D eigenvalue weighted by atomic mass is 79.9. The van der Waals surface area contributed by atoms with Crippen LogP contribution >= 0.6 is 15.9 Å². The van der Waals surface area contributed by atoms with E-state index < -0.39 is 11.7 Å². The molecule has 0 aliphatic heterocycles. The van der Waals surface area contributed by atoms with Crippen molar-refractivity contribution >= 4 is 27.0 Å². The molecule has 0 amide bonds. The molecule has 0 bridgehead atoms. The molecule has 0 saturated carbocycles. The summed E-state index contributed by atoms with van der Waals surface area (Å²) in [6.45, 7) is 0. The predicted octanol–water partition coefficient (Wildman–Crippen LogP) is 7.54. The van der Waals surface area contributed by atoms with Crippen molar-refractivity contribution in [3.63, 3.8) is 0 Å². The molecule has 2 heterocycles. The van der Waals surface area contributed by atoms with E-state index in [1.165, 1.54) is 4.68 Å². The van der Waals surface area contributed by atoms with E-state index in [0.717, 1.165) is 10.5 Å². The van der Waals surface area contributed by atoms with Crippen molar-refractivity contribution in [2.45, 2.75) is 6.18 Å². The van der Waals surface area contributed by atoms with Gasteiger partial charge in [0.15, 0.2) is 5.65 Å². The van der Waals surface area contributed by atoms with Gasteiger partial charge < -0.3 is 0 Å². The first-order chi connectivity index (χ1) is 15.4. The minimum absolute atomic E-state index is 0.0286. The highest BCUT2D eigenvalue weighted by molar-refractivity contribution is 9.10. The van der Waals surface area contributed by atoms with Crippen LogP contribution in [0.3, 0.4) is 0 Å². The maximum atomic E-state index is 14.3. The zero-order chi connectivity index (χ0) is 22.3. The van der Waals surface area contributed by atoms with E-state index in [1.807, 2.05) is 30.3 Å². The number of halogens is 4. The number of benzene rings is 3. The predicted molar refractivity (Wildman–Crippen MR) is 122 cm³/mol. The third-order valence-electron chi connectivity index (χ3n) is 5.11. The van der Waals surface area contributed by atoms with Crippen molar-refractivity contribution in [1.82, 2.24) is 14.8 Å². The number of alkyl halides is 3. The first-order valence-corrected chi connectivity index (χ1v) is 10.6. The molecule has 0 N–H and O–H groups in total. The lowest BCUT2D eigenvalue weighted by molar-refractivity contribution is -0.136. The normalized spacial score (nSPS) is 11.8. The SMILES string of the molecule is FC(F)(F)c1cc(-c2ccccc2)nc2c1c(-c1cccc(Br)c1)nn2-c1ccccc1. The van der Waals surface area contributed by atoms with E-state index >= 15 is 0 Å². The Balaban J connectivity index is 1.91. The van der Waals surface area contributed by atoms with Crippen LogP contribution < -0.4 is 0 Å². The van der Waals surface area contributed by atoms with Gasteiger partial charge in [0.25, 0.3) is 0 Å². The number of para-hydroxylation sites is 1. The van der Waals surface area contributed by atoms with Gasteiger partial charge in [-0.05, 0) is 30.3 Å². The van der Waals surface area contributed by atoms with Crippen LogP contribution in [0, 0.1) is 0 Å². The van der Waals surface area contributed by atoms with Crippen molar-refractivity contribution in [2.24, 2.45) is 0 Å². The summed E-state index contributed by atoms with van der Waals surface area (Å²) in [5.74, 6) is 0. The molecule has 0 saturated heterocycles. The van der Waals surface area contributed by atoms with Gasteiger partial charge in [-0.2, -0.15) is 18.3 Å². The number of hydrogen-bond donors (Lipinski definition) is 0. The van der Waals surface area contributed by atoms with E-state index in [4.69, 9.17) is 0 Å². The summed E-state index contributed by atoms with van der Waals surface area (Å²) >= 11 is 3.40. The molecular formula is C25H15BrF3N3. The van der Waals surface area contributed by atoms with Crippen molar-refractivity contribution in [3.05, 3.63) is 101 Å². The average Bonchev–Trinajstić information content (AvgIpc) is 3.18. The van der Waals surface area contributed by atoms with Crippen LogP contribution in [0.25, 0.3) is 39.2 Å². The Hall–Kier alpha value is -3.45. The summed E-state index contributed by atoms with van der Waals surface area (Å²) < 4.78 is 45.2. The lowest BCUT2D eigenvalue weighted by atomic mass is 10.0. The van der Waals surface area contributed by atoms with Gasteiger partial charge in [0, 0.05) is 15.6 Å². The van der Waals surface area contributed by atoms with Gasteiger partial charge in [0.1, 0.15) is 5.69 Å². The molecule has 5 rings (SSSR count). The van der Waals surface area contributed by atoms with Crippen LogP contribution in [-0.2, 0) is 6.18 Å². The quantitative estimate of drug-likeness (QED) is 0.260. The molecule has 158 valence electrons. The van der Waals surface area contributed by atoms with Crippen LogP contribution in [0.5, 0.6) is 0 Å². The van der Waals surface area contributed by atoms with E-state index in [2.05, 4.69) is 26.0 Å². The summed E-state index contributed by atoms with van der Waals surface area (Å²) in [5.41, 5.74) is 1.65. The summed E-state index contributed by atoms with van der Waals surface area (Å²) in [6, 6.07) is 26.1. The zero-order valence-corrected chi connectivity index (χ0v) is 18.1. The molecule has 3 aromatic carbocycles. The number of nitrogens with zero attached hydrogens (tertiary/aromatic N) is 3. The lowest BCUT2D eigenvalue weighted by Crippen LogP contribution is -2.08. The largest absolute Gasteiger partial charge is 0.417 e. The molecule has 0 radical (unpaired) electrons. The molecule has 0 unspecified atom stereocenters. The number of hydrogen-bond acceptors (Lipinski definition) is 2. The molecule has 0 aliphatic carbocycles. The van der Waals surface area contributed by atoms with Gasteiger partial charge in [-0.3, -0.25) is 0 Å². The number of pyridine rings is 1. The van der Waals surface area contributed by atoms with Gasteiger partial charge in [0.05, 0.1) is 22.3 Å². The number of fused-ring (bicyclic) bond motifs is 1. The van der Waals surface area contributed by atoms with Crippen molar-refractivity contribution in [3.8, 4) is 28.2 Å². The smallest absolute Gasteiger partial charge is 0.228 e. The fourth-order valence-corrected chi connectivity index (χ4v) is 4.08. The highest BCUT2D eigenvalue weighted by Crippen LogP contribution is 2.41. The van der Waals surface area contributed by atoms with Crippen LogP contribution in [0.2, 0.25) is 0 Å². The number of rotatable bonds is 3. The third-order valence-corrected chi connectivity index (χ3v) is 5.60. The third kappa shape index (κ3) is 3.69. The van der Waals surface area contributed by atoms with E-state index in [0.29, 0.717) is 16.8 Å². The second-order valence-electron chi connectivity index (χ2n) is 7.22. The summed E-state index contributed by atoms with van der Waals surface area (Å²) in [7, 11) is 0. The molecule has 0 fully saturated rings. The summed E-state index contributed by atoms with van der Waals surface area (Å²) in [6.07, 6.45) is -4.59. The highest BCUT2D eigenvalue weighted by Gasteiger charge is 2.36. The summed E-state index contributed by atoms with van der Waals surface area (Å²) in [5, 5.41) is 4.58. The second kappa shape index (κ2) is 7.91. The molecule has 0 aliphatic rings. The van der Waals surface area contributed by atoms with Crippen LogP contribution in [0.4, 0.5) is 13.2 Å². The van der Waals surface area contributed by atoms with Crippen LogP contribution in [0.1, 0.15) is 5.56 Å². The maximum absolute atomic E-state index is 14.3. The molecule has 5 aromatic rings. The lowest BCUT2D eigenvalue weighted by Gasteiger charge is -2.12. The molecule has 3 nitrogen and oxygen atoms in total. The maximum Gasteiger partial charge on any atom is 0.417 e. The van der Waals surface area contributed by atoms with Gasteiger partial charge in [-0.1, -0.05) is 76.6 Å². The van der Waals surface area contributed by atoms with E-state index in [-0.39, 0.29) is 22.4 Å². The van der Waals surface area contributed by atoms with Gasteiger partial charge in [-0.15, -0.1) is 0 Å². The average molecular weight is 494 g/mol. The Labute approximate surface area is 190 Å². The van der Waals surface area contributed by atoms with Crippen molar-refractivity contribution in [2.75, 3.05) is 0 Å². The van der Waals surface area contributed by atoms with Gasteiger partial charge in [-0.25, -0.2) is 9.67 Å².